The molecule has 0 N–H and O–H groups in total. The minimum absolute atomic E-state index is 0.161. The number of hydrazone groups is 1. The average molecular weight is 409 g/mol. The SMILES string of the molecule is O=C1C2C3C=CC(C3)C2C(=O)N1N=Cc1ccccc1Sc1ccc(Cl)cc1. The van der Waals surface area contributed by atoms with E-state index in [0.717, 1.165) is 26.8 Å². The van der Waals surface area contributed by atoms with Crippen molar-refractivity contribution in [3.63, 3.8) is 0 Å². The number of hydrogen-bond donors (Lipinski definition) is 0. The van der Waals surface area contributed by atoms with Gasteiger partial charge in [0.2, 0.25) is 0 Å². The Labute approximate surface area is 172 Å². The minimum atomic E-state index is -0.224. The number of nitrogens with zero attached hydrogens (tertiary/aromatic N) is 2. The number of halogens is 1. The minimum Gasteiger partial charge on any atom is -0.272 e. The van der Waals surface area contributed by atoms with Gasteiger partial charge in [0, 0.05) is 20.4 Å². The summed E-state index contributed by atoms with van der Waals surface area (Å²) >= 11 is 7.54. The standard InChI is InChI=1S/C22H17ClN2O2S/c23-16-7-9-17(10-8-16)28-18-4-2-1-3-15(18)12-24-25-21(26)19-13-5-6-14(11-13)20(19)22(25)27/h1-10,12-14,19-20H,11H2. The molecule has 2 aromatic rings. The summed E-state index contributed by atoms with van der Waals surface area (Å²) in [7, 11) is 0. The Morgan fingerprint density at radius 1 is 0.964 bits per heavy atom. The van der Waals surface area contributed by atoms with Crippen LogP contribution in [0.25, 0.3) is 0 Å². The molecule has 4 atom stereocenters. The Hall–Kier alpha value is -2.37. The van der Waals surface area contributed by atoms with Gasteiger partial charge in [0.25, 0.3) is 11.8 Å². The van der Waals surface area contributed by atoms with Crippen LogP contribution in [-0.2, 0) is 9.59 Å². The van der Waals surface area contributed by atoms with Crippen molar-refractivity contribution < 1.29 is 9.59 Å². The van der Waals surface area contributed by atoms with Crippen molar-refractivity contribution >= 4 is 41.4 Å². The van der Waals surface area contributed by atoms with Crippen LogP contribution in [0.3, 0.4) is 0 Å². The van der Waals surface area contributed by atoms with Crippen LogP contribution in [0.2, 0.25) is 5.02 Å². The molecule has 28 heavy (non-hydrogen) atoms. The molecule has 2 aliphatic carbocycles. The Morgan fingerprint density at radius 2 is 1.61 bits per heavy atom. The van der Waals surface area contributed by atoms with Gasteiger partial charge in [-0.25, -0.2) is 0 Å². The van der Waals surface area contributed by atoms with Crippen LogP contribution in [0, 0.1) is 23.7 Å². The van der Waals surface area contributed by atoms with E-state index in [-0.39, 0.29) is 35.5 Å². The van der Waals surface area contributed by atoms with Crippen molar-refractivity contribution in [1.29, 1.82) is 0 Å². The summed E-state index contributed by atoms with van der Waals surface area (Å²) in [4.78, 5) is 27.6. The number of hydrogen-bond acceptors (Lipinski definition) is 4. The summed E-state index contributed by atoms with van der Waals surface area (Å²) in [5.41, 5.74) is 0.862. The fourth-order valence-electron chi connectivity index (χ4n) is 4.43. The Morgan fingerprint density at radius 3 is 2.29 bits per heavy atom. The highest BCUT2D eigenvalue weighted by Crippen LogP contribution is 2.52. The first kappa shape index (κ1) is 17.7. The number of benzene rings is 2. The Bertz CT molecular complexity index is 987. The van der Waals surface area contributed by atoms with E-state index in [4.69, 9.17) is 11.6 Å². The average Bonchev–Trinajstić information content (AvgIpc) is 3.38. The maximum Gasteiger partial charge on any atom is 0.254 e. The molecule has 0 aromatic heterocycles. The molecule has 140 valence electrons. The van der Waals surface area contributed by atoms with Crippen LogP contribution < -0.4 is 0 Å². The van der Waals surface area contributed by atoms with E-state index in [1.165, 1.54) is 0 Å². The number of fused-ring (bicyclic) bond motifs is 5. The highest BCUT2D eigenvalue weighted by Gasteiger charge is 2.59. The van der Waals surface area contributed by atoms with E-state index >= 15 is 0 Å². The zero-order valence-corrected chi connectivity index (χ0v) is 16.4. The second kappa shape index (κ2) is 6.90. The van der Waals surface area contributed by atoms with E-state index in [2.05, 4.69) is 17.3 Å². The number of allylic oxidation sites excluding steroid dienone is 2. The third-order valence-electron chi connectivity index (χ3n) is 5.72. The van der Waals surface area contributed by atoms with Gasteiger partial charge in [-0.15, -0.1) is 0 Å². The summed E-state index contributed by atoms with van der Waals surface area (Å²) in [6.45, 7) is 0. The molecule has 1 saturated heterocycles. The molecule has 5 rings (SSSR count). The van der Waals surface area contributed by atoms with Gasteiger partial charge in [0.05, 0.1) is 18.1 Å². The normalized spacial score (nSPS) is 28.0. The van der Waals surface area contributed by atoms with E-state index in [0.29, 0.717) is 5.02 Å². The summed E-state index contributed by atoms with van der Waals surface area (Å²) in [5, 5.41) is 6.08. The van der Waals surface area contributed by atoms with Crippen molar-refractivity contribution in [2.24, 2.45) is 28.8 Å². The lowest BCUT2D eigenvalue weighted by atomic mass is 9.85. The largest absolute Gasteiger partial charge is 0.272 e. The van der Waals surface area contributed by atoms with Crippen molar-refractivity contribution in [1.82, 2.24) is 5.01 Å². The predicted molar refractivity (Wildman–Crippen MR) is 109 cm³/mol. The number of imide groups is 1. The monoisotopic (exact) mass is 408 g/mol. The molecule has 2 fully saturated rings. The molecule has 2 aromatic carbocycles. The maximum atomic E-state index is 12.8. The highest BCUT2D eigenvalue weighted by atomic mass is 35.5. The van der Waals surface area contributed by atoms with Crippen LogP contribution in [0.1, 0.15) is 12.0 Å². The molecule has 0 radical (unpaired) electrons. The summed E-state index contributed by atoms with van der Waals surface area (Å²) < 4.78 is 0. The van der Waals surface area contributed by atoms with Gasteiger partial charge in [-0.2, -0.15) is 10.1 Å². The highest BCUT2D eigenvalue weighted by molar-refractivity contribution is 7.99. The second-order valence-corrected chi connectivity index (χ2v) is 8.88. The van der Waals surface area contributed by atoms with Gasteiger partial charge < -0.3 is 0 Å². The van der Waals surface area contributed by atoms with Crippen LogP contribution in [0.5, 0.6) is 0 Å². The van der Waals surface area contributed by atoms with Gasteiger partial charge in [-0.05, 0) is 48.6 Å². The first-order valence-electron chi connectivity index (χ1n) is 9.24. The van der Waals surface area contributed by atoms with E-state index in [1.807, 2.05) is 48.5 Å². The quantitative estimate of drug-likeness (QED) is 0.421. The molecule has 4 nitrogen and oxygen atoms in total. The fourth-order valence-corrected chi connectivity index (χ4v) is 5.47. The van der Waals surface area contributed by atoms with Gasteiger partial charge in [-0.3, -0.25) is 9.59 Å². The lowest BCUT2D eigenvalue weighted by Gasteiger charge is -2.13. The molecule has 2 amide bonds. The third kappa shape index (κ3) is 2.90. The predicted octanol–water partition coefficient (Wildman–Crippen LogP) is 4.63. The van der Waals surface area contributed by atoms with Gasteiger partial charge in [0.15, 0.2) is 0 Å². The summed E-state index contributed by atoms with van der Waals surface area (Å²) in [6, 6.07) is 15.4. The third-order valence-corrected chi connectivity index (χ3v) is 7.07. The topological polar surface area (TPSA) is 49.7 Å². The van der Waals surface area contributed by atoms with Crippen molar-refractivity contribution in [2.75, 3.05) is 0 Å². The number of carbonyl (C=O) groups is 2. The smallest absolute Gasteiger partial charge is 0.254 e. The molecule has 1 heterocycles. The van der Waals surface area contributed by atoms with Crippen LogP contribution in [0.4, 0.5) is 0 Å². The van der Waals surface area contributed by atoms with Crippen molar-refractivity contribution in [2.45, 2.75) is 16.2 Å². The van der Waals surface area contributed by atoms with Gasteiger partial charge in [-0.1, -0.05) is 53.7 Å². The molecule has 1 saturated carbocycles. The molecular weight excluding hydrogens is 392 g/mol. The molecule has 1 aliphatic heterocycles. The molecule has 3 aliphatic rings. The van der Waals surface area contributed by atoms with Crippen molar-refractivity contribution in [3.8, 4) is 0 Å². The molecule has 6 heteroatoms. The molecule has 2 bridgehead atoms. The summed E-state index contributed by atoms with van der Waals surface area (Å²) in [6.07, 6.45) is 6.71. The van der Waals surface area contributed by atoms with Gasteiger partial charge in [0.1, 0.15) is 0 Å². The lowest BCUT2D eigenvalue weighted by molar-refractivity contribution is -0.140. The number of rotatable bonds is 4. The molecule has 0 spiro atoms. The van der Waals surface area contributed by atoms with Gasteiger partial charge >= 0.3 is 0 Å². The van der Waals surface area contributed by atoms with E-state index in [9.17, 15) is 9.59 Å². The molecular formula is C22H17ClN2O2S. The molecule has 4 unspecified atom stereocenters. The van der Waals surface area contributed by atoms with Crippen LogP contribution >= 0.6 is 23.4 Å². The van der Waals surface area contributed by atoms with Crippen molar-refractivity contribution in [3.05, 3.63) is 71.3 Å². The number of carbonyl (C=O) groups excluding carboxylic acids is 2. The first-order valence-corrected chi connectivity index (χ1v) is 10.4. The van der Waals surface area contributed by atoms with E-state index in [1.54, 1.807) is 18.0 Å². The van der Waals surface area contributed by atoms with Crippen LogP contribution in [-0.4, -0.2) is 23.0 Å². The lowest BCUT2D eigenvalue weighted by Crippen LogP contribution is -2.28. The second-order valence-electron chi connectivity index (χ2n) is 7.33. The van der Waals surface area contributed by atoms with Crippen LogP contribution in [0.15, 0.2) is 75.6 Å². The van der Waals surface area contributed by atoms with E-state index < -0.39 is 0 Å². The fraction of sp³-hybridized carbons (Fsp3) is 0.227. The zero-order chi connectivity index (χ0) is 19.3. The Balaban J connectivity index is 1.38. The number of amides is 2. The Kier molecular flexibility index (Phi) is 4.37. The maximum absolute atomic E-state index is 12.8. The summed E-state index contributed by atoms with van der Waals surface area (Å²) in [5.74, 6) is -0.382. The zero-order valence-electron chi connectivity index (χ0n) is 14.9. The first-order chi connectivity index (χ1) is 13.6.